The third-order valence-electron chi connectivity index (χ3n) is 2.02. The molecule has 0 aromatic heterocycles. The number of nitrogens with zero attached hydrogens (tertiary/aromatic N) is 2. The Bertz CT molecular complexity index is 452. The third kappa shape index (κ3) is 4.25. The highest BCUT2D eigenvalue weighted by Crippen LogP contribution is 2.08. The average Bonchev–Trinajstić information content (AvgIpc) is 2.36. The molecule has 6 heteroatoms. The van der Waals surface area contributed by atoms with Crippen molar-refractivity contribution in [2.45, 2.75) is 13.8 Å². The fraction of sp³-hybridized carbons (Fsp3) is 0.250. The van der Waals surface area contributed by atoms with Gasteiger partial charge in [0.25, 0.3) is 0 Å². The van der Waals surface area contributed by atoms with Crippen molar-refractivity contribution in [1.29, 1.82) is 0 Å². The molecule has 96 valence electrons. The summed E-state index contributed by atoms with van der Waals surface area (Å²) in [5, 5.41) is 15.0. The second kappa shape index (κ2) is 7.05. The van der Waals surface area contributed by atoms with Crippen LogP contribution in [0.2, 0.25) is 0 Å². The van der Waals surface area contributed by atoms with Gasteiger partial charge < -0.3 is 9.94 Å². The van der Waals surface area contributed by atoms with Crippen molar-refractivity contribution >= 4 is 23.6 Å². The van der Waals surface area contributed by atoms with Crippen LogP contribution in [-0.2, 0) is 9.53 Å². The summed E-state index contributed by atoms with van der Waals surface area (Å²) in [6.45, 7) is 3.87. The van der Waals surface area contributed by atoms with Crippen LogP contribution in [0.25, 0.3) is 0 Å². The molecule has 0 aliphatic heterocycles. The number of carbonyl (C=O) groups excluding carboxylic acids is 1. The van der Waals surface area contributed by atoms with Gasteiger partial charge in [0.1, 0.15) is 6.21 Å². The molecule has 18 heavy (non-hydrogen) atoms. The van der Waals surface area contributed by atoms with Crippen LogP contribution < -0.4 is 5.43 Å². The smallest absolute Gasteiger partial charge is 0.360 e. The zero-order valence-electron chi connectivity index (χ0n) is 10.3. The lowest BCUT2D eigenvalue weighted by atomic mass is 10.2. The van der Waals surface area contributed by atoms with Crippen LogP contribution in [0, 0.1) is 6.92 Å². The zero-order chi connectivity index (χ0) is 13.4. The van der Waals surface area contributed by atoms with E-state index in [9.17, 15) is 4.79 Å². The zero-order valence-corrected chi connectivity index (χ0v) is 10.3. The molecule has 0 saturated carbocycles. The first-order chi connectivity index (χ1) is 8.67. The number of aryl methyl sites for hydroxylation is 1. The summed E-state index contributed by atoms with van der Waals surface area (Å²) in [5.41, 5.74) is 4.40. The summed E-state index contributed by atoms with van der Waals surface area (Å²) in [7, 11) is 0. The van der Waals surface area contributed by atoms with Crippen molar-refractivity contribution in [2.24, 2.45) is 10.3 Å². The number of rotatable bonds is 5. The van der Waals surface area contributed by atoms with E-state index in [4.69, 9.17) is 9.94 Å². The van der Waals surface area contributed by atoms with Gasteiger partial charge in [-0.05, 0) is 26.0 Å². The van der Waals surface area contributed by atoms with E-state index < -0.39 is 5.97 Å². The first-order valence-corrected chi connectivity index (χ1v) is 5.42. The summed E-state index contributed by atoms with van der Waals surface area (Å²) in [4.78, 5) is 11.4. The monoisotopic (exact) mass is 249 g/mol. The van der Waals surface area contributed by atoms with E-state index in [0.29, 0.717) is 5.69 Å². The predicted molar refractivity (Wildman–Crippen MR) is 69.1 cm³/mol. The average molecular weight is 249 g/mol. The summed E-state index contributed by atoms with van der Waals surface area (Å²) < 4.78 is 4.75. The molecule has 0 aliphatic rings. The molecule has 0 atom stereocenters. The number of hydrogen-bond donors (Lipinski definition) is 2. The Morgan fingerprint density at radius 1 is 1.44 bits per heavy atom. The Morgan fingerprint density at radius 3 is 2.67 bits per heavy atom. The topological polar surface area (TPSA) is 83.3 Å². The van der Waals surface area contributed by atoms with Gasteiger partial charge in [0.2, 0.25) is 0 Å². The minimum atomic E-state index is -0.657. The number of nitrogens with one attached hydrogen (secondary N) is 1. The van der Waals surface area contributed by atoms with Gasteiger partial charge >= 0.3 is 5.97 Å². The van der Waals surface area contributed by atoms with E-state index >= 15 is 0 Å². The maximum Gasteiger partial charge on any atom is 0.360 e. The number of carbonyl (C=O) groups is 1. The summed E-state index contributed by atoms with van der Waals surface area (Å²) in [6, 6.07) is 7.44. The van der Waals surface area contributed by atoms with E-state index in [-0.39, 0.29) is 12.3 Å². The van der Waals surface area contributed by atoms with Crippen LogP contribution in [0.5, 0.6) is 0 Å². The lowest BCUT2D eigenvalue weighted by Gasteiger charge is -2.03. The molecular weight excluding hydrogens is 234 g/mol. The van der Waals surface area contributed by atoms with Crippen LogP contribution in [0.1, 0.15) is 12.5 Å². The number of esters is 1. The van der Waals surface area contributed by atoms with Gasteiger partial charge in [0.05, 0.1) is 12.3 Å². The molecule has 0 spiro atoms. The van der Waals surface area contributed by atoms with Gasteiger partial charge in [0.15, 0.2) is 5.71 Å². The van der Waals surface area contributed by atoms with Gasteiger partial charge in [0, 0.05) is 0 Å². The summed E-state index contributed by atoms with van der Waals surface area (Å²) in [6.07, 6.45) is 0.916. The van der Waals surface area contributed by atoms with Crippen LogP contribution in [-0.4, -0.2) is 29.7 Å². The van der Waals surface area contributed by atoms with E-state index in [1.807, 2.05) is 31.2 Å². The second-order valence-electron chi connectivity index (χ2n) is 3.44. The predicted octanol–water partition coefficient (Wildman–Crippen LogP) is 1.79. The van der Waals surface area contributed by atoms with Crippen LogP contribution >= 0.6 is 0 Å². The van der Waals surface area contributed by atoms with Crippen LogP contribution in [0.3, 0.4) is 0 Å². The molecule has 0 saturated heterocycles. The SMILES string of the molecule is CCOC(=O)C(C=NO)=NNc1ccc(C)cc1. The number of ether oxygens (including phenoxy) is 1. The molecule has 0 radical (unpaired) electrons. The largest absolute Gasteiger partial charge is 0.461 e. The standard InChI is InChI=1S/C12H15N3O3/c1-3-18-12(16)11(8-13-17)15-14-10-6-4-9(2)5-7-10/h4-8,14,17H,3H2,1-2H3. The highest BCUT2D eigenvalue weighted by atomic mass is 16.5. The highest BCUT2D eigenvalue weighted by molar-refractivity contribution is 6.59. The number of hydrazone groups is 1. The van der Waals surface area contributed by atoms with Gasteiger partial charge in [-0.25, -0.2) is 4.79 Å². The number of hydrogen-bond acceptors (Lipinski definition) is 6. The van der Waals surface area contributed by atoms with Crippen molar-refractivity contribution in [2.75, 3.05) is 12.0 Å². The highest BCUT2D eigenvalue weighted by Gasteiger charge is 2.10. The van der Waals surface area contributed by atoms with Gasteiger partial charge in [-0.2, -0.15) is 5.10 Å². The first kappa shape index (κ1) is 13.7. The Hall–Kier alpha value is -2.37. The van der Waals surface area contributed by atoms with Crippen LogP contribution in [0.15, 0.2) is 34.5 Å². The van der Waals surface area contributed by atoms with E-state index in [1.165, 1.54) is 0 Å². The Labute approximate surface area is 105 Å². The third-order valence-corrected chi connectivity index (χ3v) is 2.02. The van der Waals surface area contributed by atoms with E-state index in [1.54, 1.807) is 6.92 Å². The Kier molecular flexibility index (Phi) is 5.37. The fourth-order valence-corrected chi connectivity index (χ4v) is 1.14. The molecule has 6 nitrogen and oxygen atoms in total. The molecule has 0 fully saturated rings. The van der Waals surface area contributed by atoms with Gasteiger partial charge in [-0.15, -0.1) is 0 Å². The molecule has 0 unspecified atom stereocenters. The van der Waals surface area contributed by atoms with Crippen molar-refractivity contribution < 1.29 is 14.7 Å². The molecule has 0 bridgehead atoms. The van der Waals surface area contributed by atoms with Crippen molar-refractivity contribution in [3.05, 3.63) is 29.8 Å². The first-order valence-electron chi connectivity index (χ1n) is 5.42. The number of oxime groups is 1. The van der Waals surface area contributed by atoms with Crippen molar-refractivity contribution in [1.82, 2.24) is 0 Å². The lowest BCUT2D eigenvalue weighted by Crippen LogP contribution is -2.20. The molecule has 0 aliphatic carbocycles. The molecule has 1 aromatic rings. The van der Waals surface area contributed by atoms with Crippen LogP contribution in [0.4, 0.5) is 5.69 Å². The second-order valence-corrected chi connectivity index (χ2v) is 3.44. The van der Waals surface area contributed by atoms with E-state index in [2.05, 4.69) is 15.7 Å². The number of benzene rings is 1. The van der Waals surface area contributed by atoms with Crippen molar-refractivity contribution in [3.8, 4) is 0 Å². The number of anilines is 1. The minimum Gasteiger partial charge on any atom is -0.461 e. The maximum absolute atomic E-state index is 11.4. The van der Waals surface area contributed by atoms with Gasteiger partial charge in [-0.1, -0.05) is 22.9 Å². The minimum absolute atomic E-state index is 0.111. The molecule has 0 amide bonds. The molecule has 1 rings (SSSR count). The van der Waals surface area contributed by atoms with Crippen molar-refractivity contribution in [3.63, 3.8) is 0 Å². The quantitative estimate of drug-likeness (QED) is 0.360. The van der Waals surface area contributed by atoms with E-state index in [0.717, 1.165) is 11.8 Å². The lowest BCUT2D eigenvalue weighted by molar-refractivity contribution is -0.134. The summed E-state index contributed by atoms with van der Waals surface area (Å²) in [5.74, 6) is -0.657. The van der Waals surface area contributed by atoms with Gasteiger partial charge in [-0.3, -0.25) is 5.43 Å². The fourth-order valence-electron chi connectivity index (χ4n) is 1.14. The molecule has 1 aromatic carbocycles. The summed E-state index contributed by atoms with van der Waals surface area (Å²) >= 11 is 0. The molecule has 0 heterocycles. The molecule has 2 N–H and O–H groups in total. The normalized spacial score (nSPS) is 11.6. The Morgan fingerprint density at radius 2 is 2.11 bits per heavy atom. The Balaban J connectivity index is 2.77. The maximum atomic E-state index is 11.4. The molecular formula is C12H15N3O3.